The Morgan fingerprint density at radius 2 is 1.90 bits per heavy atom. The molecule has 7 nitrogen and oxygen atoms in total. The Bertz CT molecular complexity index is 1070. The molecule has 0 bridgehead atoms. The molecular formula is C21H21Cl2N5O2S. The second-order valence-corrected chi connectivity index (χ2v) is 9.03. The first-order valence-electron chi connectivity index (χ1n) is 9.77. The molecule has 31 heavy (non-hydrogen) atoms. The molecule has 1 aliphatic rings. The number of anilines is 1. The van der Waals surface area contributed by atoms with Crippen molar-refractivity contribution in [2.75, 3.05) is 17.9 Å². The van der Waals surface area contributed by atoms with E-state index < -0.39 is 5.25 Å². The topological polar surface area (TPSA) is 81.1 Å². The van der Waals surface area contributed by atoms with Crippen molar-refractivity contribution in [2.24, 2.45) is 0 Å². The summed E-state index contributed by atoms with van der Waals surface area (Å²) in [5, 5.41) is 12.5. The number of ether oxygens (including phenoxy) is 1. The number of aromatic nitrogens is 3. The zero-order valence-electron chi connectivity index (χ0n) is 16.9. The van der Waals surface area contributed by atoms with Gasteiger partial charge in [-0.15, -0.1) is 10.2 Å². The number of halogens is 2. The Morgan fingerprint density at radius 3 is 2.55 bits per heavy atom. The lowest BCUT2D eigenvalue weighted by molar-refractivity contribution is -0.116. The van der Waals surface area contributed by atoms with Crippen LogP contribution in [0.4, 0.5) is 5.69 Å². The zero-order chi connectivity index (χ0) is 22.0. The molecular weight excluding hydrogens is 457 g/mol. The lowest BCUT2D eigenvalue weighted by Crippen LogP contribution is -2.41. The van der Waals surface area contributed by atoms with E-state index in [2.05, 4.69) is 27.9 Å². The fourth-order valence-corrected chi connectivity index (χ4v) is 5.01. The molecule has 0 radical (unpaired) electrons. The van der Waals surface area contributed by atoms with Gasteiger partial charge in [0, 0.05) is 22.2 Å². The summed E-state index contributed by atoms with van der Waals surface area (Å²) >= 11 is 13.5. The van der Waals surface area contributed by atoms with Crippen molar-refractivity contribution in [3.63, 3.8) is 0 Å². The maximum atomic E-state index is 13.3. The van der Waals surface area contributed by atoms with Crippen LogP contribution in [0.3, 0.4) is 0 Å². The smallest absolute Gasteiger partial charge is 0.240 e. The Hall–Kier alpha value is -2.42. The number of thioether (sulfide) groups is 1. The highest BCUT2D eigenvalue weighted by molar-refractivity contribution is 8.00. The molecule has 0 saturated carbocycles. The lowest BCUT2D eigenvalue weighted by atomic mass is 10.0. The van der Waals surface area contributed by atoms with Crippen LogP contribution >= 0.6 is 35.0 Å². The van der Waals surface area contributed by atoms with Crippen molar-refractivity contribution in [1.82, 2.24) is 14.9 Å². The van der Waals surface area contributed by atoms with E-state index in [-0.39, 0.29) is 11.9 Å². The molecule has 1 aliphatic heterocycles. The monoisotopic (exact) mass is 477 g/mol. The number of benzene rings is 2. The van der Waals surface area contributed by atoms with Gasteiger partial charge in [-0.3, -0.25) is 4.79 Å². The molecule has 0 aliphatic carbocycles. The largest absolute Gasteiger partial charge is 0.497 e. The van der Waals surface area contributed by atoms with Crippen LogP contribution in [0.25, 0.3) is 0 Å². The molecule has 162 valence electrons. The van der Waals surface area contributed by atoms with Crippen LogP contribution in [0.15, 0.2) is 47.6 Å². The van der Waals surface area contributed by atoms with Crippen molar-refractivity contribution in [2.45, 2.75) is 36.2 Å². The predicted octanol–water partition coefficient (Wildman–Crippen LogP) is 4.94. The predicted molar refractivity (Wildman–Crippen MR) is 124 cm³/mol. The minimum atomic E-state index is -0.502. The van der Waals surface area contributed by atoms with Crippen LogP contribution in [-0.4, -0.2) is 33.1 Å². The number of fused-ring (bicyclic) bond motifs is 1. The first kappa shape index (κ1) is 21.8. The highest BCUT2D eigenvalue weighted by Gasteiger charge is 2.37. The number of rotatable bonds is 6. The minimum absolute atomic E-state index is 0.192. The molecule has 0 unspecified atom stereocenters. The molecule has 2 heterocycles. The van der Waals surface area contributed by atoms with E-state index in [0.29, 0.717) is 20.9 Å². The van der Waals surface area contributed by atoms with Gasteiger partial charge in [0.15, 0.2) is 5.82 Å². The van der Waals surface area contributed by atoms with Crippen LogP contribution in [0, 0.1) is 0 Å². The van der Waals surface area contributed by atoms with Crippen LogP contribution in [0.2, 0.25) is 10.0 Å². The number of methoxy groups -OCH3 is 1. The number of aryl methyl sites for hydroxylation is 1. The third-order valence-corrected chi connectivity index (χ3v) is 6.49. The number of hydrogen-bond donors (Lipinski definition) is 2. The van der Waals surface area contributed by atoms with Gasteiger partial charge in [-0.1, -0.05) is 54.0 Å². The van der Waals surface area contributed by atoms with E-state index in [1.807, 2.05) is 28.9 Å². The third-order valence-electron chi connectivity index (χ3n) is 4.84. The van der Waals surface area contributed by atoms with E-state index in [4.69, 9.17) is 27.9 Å². The highest BCUT2D eigenvalue weighted by atomic mass is 35.5. The molecule has 1 aromatic heterocycles. The molecule has 2 N–H and O–H groups in total. The van der Waals surface area contributed by atoms with Crippen molar-refractivity contribution >= 4 is 46.6 Å². The first-order chi connectivity index (χ1) is 15.0. The van der Waals surface area contributed by atoms with E-state index in [1.165, 1.54) is 11.8 Å². The van der Waals surface area contributed by atoms with Gasteiger partial charge in [0.1, 0.15) is 11.0 Å². The van der Waals surface area contributed by atoms with E-state index in [1.54, 1.807) is 25.3 Å². The Balaban J connectivity index is 1.66. The van der Waals surface area contributed by atoms with Crippen molar-refractivity contribution < 1.29 is 9.53 Å². The molecule has 4 rings (SSSR count). The fourth-order valence-electron chi connectivity index (χ4n) is 3.38. The zero-order valence-corrected chi connectivity index (χ0v) is 19.3. The fraction of sp³-hybridized carbons (Fsp3) is 0.286. The molecule has 2 atom stereocenters. The van der Waals surface area contributed by atoms with Crippen LogP contribution in [0.1, 0.15) is 30.8 Å². The third kappa shape index (κ3) is 4.76. The number of nitrogens with zero attached hydrogens (tertiary/aromatic N) is 3. The summed E-state index contributed by atoms with van der Waals surface area (Å²) in [5.41, 5.74) is 4.92. The van der Waals surface area contributed by atoms with Gasteiger partial charge in [0.05, 0.1) is 13.2 Å². The summed E-state index contributed by atoms with van der Waals surface area (Å²) < 4.78 is 7.15. The highest BCUT2D eigenvalue weighted by Crippen LogP contribution is 2.38. The molecule has 1 amide bonds. The second kappa shape index (κ2) is 9.38. The molecule has 0 fully saturated rings. The lowest BCUT2D eigenvalue weighted by Gasteiger charge is -2.33. The molecule has 2 aromatic carbocycles. The van der Waals surface area contributed by atoms with Crippen molar-refractivity contribution in [3.05, 3.63) is 63.9 Å². The van der Waals surface area contributed by atoms with Crippen LogP contribution < -0.4 is 15.5 Å². The van der Waals surface area contributed by atoms with Gasteiger partial charge >= 0.3 is 0 Å². The maximum absolute atomic E-state index is 13.3. The average molecular weight is 478 g/mol. The van der Waals surface area contributed by atoms with Gasteiger partial charge < -0.3 is 15.5 Å². The van der Waals surface area contributed by atoms with Gasteiger partial charge in [0.2, 0.25) is 11.1 Å². The van der Waals surface area contributed by atoms with E-state index >= 15 is 0 Å². The standard InChI is InChI=1S/C21H21Cl2N5O2S/c1-3-4-17-25-26-21-28(17)27-18(12-5-7-16(30-2)8-6-12)19(31-21)20(29)24-15-10-13(22)9-14(23)11-15/h5-11,18-19,27H,3-4H2,1-2H3,(H,24,29)/t18-,19+/m0/s1. The summed E-state index contributed by atoms with van der Waals surface area (Å²) in [6.07, 6.45) is 1.73. The normalized spacial score (nSPS) is 17.5. The summed E-state index contributed by atoms with van der Waals surface area (Å²) in [5.74, 6) is 1.39. The molecule has 0 spiro atoms. The quantitative estimate of drug-likeness (QED) is 0.522. The van der Waals surface area contributed by atoms with Crippen molar-refractivity contribution in [3.8, 4) is 5.75 Å². The summed E-state index contributed by atoms with van der Waals surface area (Å²) in [6.45, 7) is 2.09. The minimum Gasteiger partial charge on any atom is -0.497 e. The molecule has 3 aromatic rings. The number of carbonyl (C=O) groups is 1. The van der Waals surface area contributed by atoms with Crippen LogP contribution in [-0.2, 0) is 11.2 Å². The van der Waals surface area contributed by atoms with Gasteiger partial charge in [-0.05, 0) is 42.3 Å². The number of hydrogen-bond acceptors (Lipinski definition) is 6. The average Bonchev–Trinajstić information content (AvgIpc) is 3.14. The SMILES string of the molecule is CCCc1nnc2n1N[C@@H](c1ccc(OC)cc1)[C@H](C(=O)Nc1cc(Cl)cc(Cl)c1)S2. The number of amides is 1. The summed E-state index contributed by atoms with van der Waals surface area (Å²) in [6, 6.07) is 12.3. The number of carbonyl (C=O) groups excluding carboxylic acids is 1. The first-order valence-corrected chi connectivity index (χ1v) is 11.4. The van der Waals surface area contributed by atoms with E-state index in [9.17, 15) is 4.79 Å². The van der Waals surface area contributed by atoms with Gasteiger partial charge in [-0.2, -0.15) is 0 Å². The summed E-state index contributed by atoms with van der Waals surface area (Å²) in [7, 11) is 1.62. The van der Waals surface area contributed by atoms with Crippen LogP contribution in [0.5, 0.6) is 5.75 Å². The number of nitrogens with one attached hydrogen (secondary N) is 2. The Labute approximate surface area is 194 Å². The Kier molecular flexibility index (Phi) is 6.60. The molecule has 10 heteroatoms. The van der Waals surface area contributed by atoms with Gasteiger partial charge in [-0.25, -0.2) is 4.68 Å². The van der Waals surface area contributed by atoms with E-state index in [0.717, 1.165) is 30.0 Å². The Morgan fingerprint density at radius 1 is 1.19 bits per heavy atom. The van der Waals surface area contributed by atoms with Gasteiger partial charge in [0.25, 0.3) is 0 Å². The maximum Gasteiger partial charge on any atom is 0.240 e. The molecule has 0 saturated heterocycles. The van der Waals surface area contributed by atoms with Crippen molar-refractivity contribution in [1.29, 1.82) is 0 Å². The second-order valence-electron chi connectivity index (χ2n) is 7.05. The summed E-state index contributed by atoms with van der Waals surface area (Å²) in [4.78, 5) is 13.3.